The third kappa shape index (κ3) is 6.02. The van der Waals surface area contributed by atoms with Crippen LogP contribution in [-0.2, 0) is 10.8 Å². The molecule has 0 saturated heterocycles. The molecule has 1 aromatic carbocycles. The van der Waals surface area contributed by atoms with E-state index in [1.54, 1.807) is 18.6 Å². The summed E-state index contributed by atoms with van der Waals surface area (Å²) in [5.41, 5.74) is 3.61. The highest BCUT2D eigenvalue weighted by atomic mass is 16.3. The molecule has 1 N–H and O–H groups in total. The standard InChI is InChI=1S/C23H31N3O/c1-22(2,3)18-13-17(21(27)20(14-18)23(4,5)6)15-24-11-12-25-16-19-9-7-8-10-26-19/h7-10,13-16,27H,11-12H2,1-6H3. The highest BCUT2D eigenvalue weighted by molar-refractivity contribution is 5.85. The molecule has 2 aromatic rings. The van der Waals surface area contributed by atoms with E-state index >= 15 is 0 Å². The second kappa shape index (κ2) is 8.47. The van der Waals surface area contributed by atoms with E-state index in [2.05, 4.69) is 62.6 Å². The normalized spacial score (nSPS) is 13.0. The number of hydrogen-bond acceptors (Lipinski definition) is 4. The number of phenolic OH excluding ortho intramolecular Hbond substituents is 1. The van der Waals surface area contributed by atoms with Crippen molar-refractivity contribution in [3.8, 4) is 5.75 Å². The maximum atomic E-state index is 10.7. The van der Waals surface area contributed by atoms with E-state index in [4.69, 9.17) is 0 Å². The van der Waals surface area contributed by atoms with Crippen molar-refractivity contribution in [1.29, 1.82) is 0 Å². The van der Waals surface area contributed by atoms with Gasteiger partial charge in [-0.15, -0.1) is 0 Å². The molecule has 0 radical (unpaired) electrons. The number of nitrogens with zero attached hydrogens (tertiary/aromatic N) is 3. The molecule has 0 amide bonds. The second-order valence-corrected chi connectivity index (χ2v) is 8.79. The molecule has 0 bridgehead atoms. The first-order valence-corrected chi connectivity index (χ1v) is 9.37. The number of aromatic hydroxyl groups is 1. The molecular formula is C23H31N3O. The molecule has 4 nitrogen and oxygen atoms in total. The minimum absolute atomic E-state index is 0.00324. The molecule has 1 heterocycles. The summed E-state index contributed by atoms with van der Waals surface area (Å²) in [7, 11) is 0. The van der Waals surface area contributed by atoms with Crippen molar-refractivity contribution in [2.24, 2.45) is 9.98 Å². The molecule has 27 heavy (non-hydrogen) atoms. The minimum Gasteiger partial charge on any atom is -0.507 e. The third-order valence-electron chi connectivity index (χ3n) is 4.31. The van der Waals surface area contributed by atoms with Crippen LogP contribution in [0, 0.1) is 0 Å². The van der Waals surface area contributed by atoms with Gasteiger partial charge in [-0.25, -0.2) is 0 Å². The van der Waals surface area contributed by atoms with Crippen molar-refractivity contribution in [1.82, 2.24) is 4.98 Å². The van der Waals surface area contributed by atoms with Gasteiger partial charge in [0.25, 0.3) is 0 Å². The zero-order valence-corrected chi connectivity index (χ0v) is 17.3. The highest BCUT2D eigenvalue weighted by Crippen LogP contribution is 2.37. The summed E-state index contributed by atoms with van der Waals surface area (Å²) >= 11 is 0. The summed E-state index contributed by atoms with van der Waals surface area (Å²) in [6.45, 7) is 14.0. The monoisotopic (exact) mass is 365 g/mol. The molecule has 2 rings (SSSR count). The molecule has 144 valence electrons. The van der Waals surface area contributed by atoms with Crippen LogP contribution in [0.3, 0.4) is 0 Å². The number of aromatic nitrogens is 1. The van der Waals surface area contributed by atoms with Crippen LogP contribution in [0.5, 0.6) is 5.75 Å². The largest absolute Gasteiger partial charge is 0.507 e. The van der Waals surface area contributed by atoms with Gasteiger partial charge < -0.3 is 5.11 Å². The van der Waals surface area contributed by atoms with Crippen LogP contribution in [0.15, 0.2) is 46.5 Å². The Balaban J connectivity index is 2.14. The van der Waals surface area contributed by atoms with Gasteiger partial charge in [-0.05, 0) is 34.6 Å². The van der Waals surface area contributed by atoms with Gasteiger partial charge in [0.05, 0.1) is 18.8 Å². The van der Waals surface area contributed by atoms with Crippen molar-refractivity contribution >= 4 is 12.4 Å². The van der Waals surface area contributed by atoms with Crippen LogP contribution in [0.25, 0.3) is 0 Å². The summed E-state index contributed by atoms with van der Waals surface area (Å²) < 4.78 is 0. The van der Waals surface area contributed by atoms with Gasteiger partial charge in [0, 0.05) is 29.8 Å². The van der Waals surface area contributed by atoms with Gasteiger partial charge in [-0.3, -0.25) is 15.0 Å². The summed E-state index contributed by atoms with van der Waals surface area (Å²) in [5.74, 6) is 0.316. The highest BCUT2D eigenvalue weighted by Gasteiger charge is 2.24. The van der Waals surface area contributed by atoms with E-state index in [0.717, 1.165) is 16.8 Å². The van der Waals surface area contributed by atoms with Crippen LogP contribution in [0.2, 0.25) is 0 Å². The second-order valence-electron chi connectivity index (χ2n) is 8.79. The van der Waals surface area contributed by atoms with Gasteiger partial charge in [0.2, 0.25) is 0 Å². The summed E-state index contributed by atoms with van der Waals surface area (Å²) in [6, 6.07) is 9.88. The molecule has 0 spiro atoms. The van der Waals surface area contributed by atoms with Crippen molar-refractivity contribution < 1.29 is 5.11 Å². The fourth-order valence-electron chi connectivity index (χ4n) is 2.65. The zero-order chi connectivity index (χ0) is 20.1. The Morgan fingerprint density at radius 1 is 0.926 bits per heavy atom. The van der Waals surface area contributed by atoms with Gasteiger partial charge in [-0.2, -0.15) is 0 Å². The molecule has 0 aliphatic carbocycles. The van der Waals surface area contributed by atoms with Gasteiger partial charge in [0.15, 0.2) is 0 Å². The smallest absolute Gasteiger partial charge is 0.128 e. The Kier molecular flexibility index (Phi) is 6.53. The third-order valence-corrected chi connectivity index (χ3v) is 4.31. The quantitative estimate of drug-likeness (QED) is 0.604. The van der Waals surface area contributed by atoms with Crippen molar-refractivity contribution in [3.63, 3.8) is 0 Å². The first-order valence-electron chi connectivity index (χ1n) is 9.37. The molecular weight excluding hydrogens is 334 g/mol. The maximum absolute atomic E-state index is 10.7. The molecule has 0 saturated carbocycles. The van der Waals surface area contributed by atoms with E-state index in [-0.39, 0.29) is 10.8 Å². The Labute approximate surface area is 163 Å². The molecule has 0 fully saturated rings. The average Bonchev–Trinajstić information content (AvgIpc) is 2.58. The van der Waals surface area contributed by atoms with Crippen LogP contribution >= 0.6 is 0 Å². The molecule has 0 aliphatic heterocycles. The molecule has 1 aromatic heterocycles. The van der Waals surface area contributed by atoms with E-state index in [1.165, 1.54) is 5.56 Å². The van der Waals surface area contributed by atoms with E-state index < -0.39 is 0 Å². The summed E-state index contributed by atoms with van der Waals surface area (Å²) in [6.07, 6.45) is 5.26. The average molecular weight is 366 g/mol. The molecule has 4 heteroatoms. The van der Waals surface area contributed by atoms with Gasteiger partial charge in [-0.1, -0.05) is 53.7 Å². The van der Waals surface area contributed by atoms with Crippen molar-refractivity contribution in [3.05, 3.63) is 58.9 Å². The topological polar surface area (TPSA) is 57.8 Å². The predicted molar refractivity (Wildman–Crippen MR) is 115 cm³/mol. The SMILES string of the molecule is CC(C)(C)c1cc(C=NCCN=Cc2ccccn2)c(O)c(C(C)(C)C)c1. The van der Waals surface area contributed by atoms with E-state index in [1.807, 2.05) is 24.3 Å². The minimum atomic E-state index is -0.138. The number of hydrogen-bond donors (Lipinski definition) is 1. The number of benzene rings is 1. The number of aliphatic imine (C=N–C) groups is 2. The summed E-state index contributed by atoms with van der Waals surface area (Å²) in [4.78, 5) is 13.0. The lowest BCUT2D eigenvalue weighted by Crippen LogP contribution is -2.17. The molecule has 0 atom stereocenters. The van der Waals surface area contributed by atoms with Crippen LogP contribution < -0.4 is 0 Å². The molecule has 0 aliphatic rings. The number of phenols is 1. The van der Waals surface area contributed by atoms with Crippen molar-refractivity contribution in [2.75, 3.05) is 13.1 Å². The number of pyridine rings is 1. The van der Waals surface area contributed by atoms with Gasteiger partial charge in [0.1, 0.15) is 5.75 Å². The fourth-order valence-corrected chi connectivity index (χ4v) is 2.65. The van der Waals surface area contributed by atoms with Crippen molar-refractivity contribution in [2.45, 2.75) is 52.4 Å². The Morgan fingerprint density at radius 3 is 2.15 bits per heavy atom. The first kappa shape index (κ1) is 20.8. The predicted octanol–water partition coefficient (Wildman–Crippen LogP) is 4.92. The Morgan fingerprint density at radius 2 is 1.59 bits per heavy atom. The first-order chi connectivity index (χ1) is 12.6. The fraction of sp³-hybridized carbons (Fsp3) is 0.435. The lowest BCUT2D eigenvalue weighted by molar-refractivity contribution is 0.444. The Bertz CT molecular complexity index is 810. The van der Waals surface area contributed by atoms with Crippen LogP contribution in [0.1, 0.15) is 63.9 Å². The Hall–Kier alpha value is -2.49. The van der Waals surface area contributed by atoms with Crippen LogP contribution in [-0.4, -0.2) is 35.6 Å². The maximum Gasteiger partial charge on any atom is 0.128 e. The molecule has 0 unspecified atom stereocenters. The van der Waals surface area contributed by atoms with Gasteiger partial charge >= 0.3 is 0 Å². The zero-order valence-electron chi connectivity index (χ0n) is 17.3. The lowest BCUT2D eigenvalue weighted by atomic mass is 9.79. The summed E-state index contributed by atoms with van der Waals surface area (Å²) in [5, 5.41) is 10.7. The lowest BCUT2D eigenvalue weighted by Gasteiger charge is -2.26. The number of rotatable bonds is 5. The van der Waals surface area contributed by atoms with E-state index in [9.17, 15) is 5.11 Å². The van der Waals surface area contributed by atoms with E-state index in [0.29, 0.717) is 18.8 Å². The van der Waals surface area contributed by atoms with Crippen LogP contribution in [0.4, 0.5) is 0 Å².